The van der Waals surface area contributed by atoms with Crippen molar-refractivity contribution in [1.29, 1.82) is 0 Å². The second kappa shape index (κ2) is 8.70. The fourth-order valence-corrected chi connectivity index (χ4v) is 2.62. The summed E-state index contributed by atoms with van der Waals surface area (Å²) in [6.07, 6.45) is 3.30. The number of carbonyl (C=O) groups excluding carboxylic acids is 1. The van der Waals surface area contributed by atoms with E-state index >= 15 is 0 Å². The Bertz CT molecular complexity index is 636. The predicted octanol–water partition coefficient (Wildman–Crippen LogP) is 2.10. The number of amides is 1. The molecule has 0 saturated heterocycles. The van der Waals surface area contributed by atoms with Crippen LogP contribution in [-0.2, 0) is 16.0 Å². The number of benzene rings is 1. The van der Waals surface area contributed by atoms with Gasteiger partial charge in [0.25, 0.3) is 0 Å². The molecule has 5 heteroatoms. The molecular formula is C18H27N3O2. The van der Waals surface area contributed by atoms with Crippen LogP contribution in [0, 0.1) is 6.92 Å². The maximum absolute atomic E-state index is 12.1. The summed E-state index contributed by atoms with van der Waals surface area (Å²) in [5.74, 6) is 0.0750. The largest absolute Gasteiger partial charge is 0.383 e. The minimum absolute atomic E-state index is 0.0750. The average Bonchev–Trinajstić information content (AvgIpc) is 2.91. The monoisotopic (exact) mass is 317 g/mol. The highest BCUT2D eigenvalue weighted by Gasteiger charge is 2.08. The van der Waals surface area contributed by atoms with Crippen molar-refractivity contribution >= 4 is 16.8 Å². The molecule has 2 N–H and O–H groups in total. The second-order valence-electron chi connectivity index (χ2n) is 6.04. The zero-order valence-corrected chi connectivity index (χ0v) is 14.3. The van der Waals surface area contributed by atoms with Crippen LogP contribution in [0.15, 0.2) is 24.4 Å². The third-order valence-electron chi connectivity index (χ3n) is 3.99. The summed E-state index contributed by atoms with van der Waals surface area (Å²) in [5.41, 5.74) is 3.36. The van der Waals surface area contributed by atoms with Crippen LogP contribution in [0.5, 0.6) is 0 Å². The van der Waals surface area contributed by atoms with Crippen LogP contribution in [0.4, 0.5) is 0 Å². The van der Waals surface area contributed by atoms with Gasteiger partial charge in [-0.1, -0.05) is 12.1 Å². The summed E-state index contributed by atoms with van der Waals surface area (Å²) in [5, 5.41) is 4.13. The fourth-order valence-electron chi connectivity index (χ4n) is 2.62. The van der Waals surface area contributed by atoms with Crippen LogP contribution in [0.1, 0.15) is 17.5 Å². The van der Waals surface area contributed by atoms with E-state index in [1.165, 1.54) is 5.56 Å². The van der Waals surface area contributed by atoms with E-state index in [0.29, 0.717) is 13.0 Å². The predicted molar refractivity (Wildman–Crippen MR) is 93.7 cm³/mol. The topological polar surface area (TPSA) is 57.4 Å². The van der Waals surface area contributed by atoms with Crippen LogP contribution in [0.3, 0.4) is 0 Å². The van der Waals surface area contributed by atoms with Gasteiger partial charge >= 0.3 is 0 Å². The summed E-state index contributed by atoms with van der Waals surface area (Å²) in [7, 11) is 3.77. The van der Waals surface area contributed by atoms with Crippen LogP contribution in [-0.4, -0.2) is 56.2 Å². The summed E-state index contributed by atoms with van der Waals surface area (Å²) in [6, 6.07) is 6.26. The number of nitrogens with zero attached hydrogens (tertiary/aromatic N) is 1. The molecule has 0 unspecified atom stereocenters. The minimum atomic E-state index is 0.0750. The van der Waals surface area contributed by atoms with Gasteiger partial charge in [-0.25, -0.2) is 0 Å². The van der Waals surface area contributed by atoms with E-state index in [1.54, 1.807) is 7.11 Å². The molecule has 2 aromatic rings. The van der Waals surface area contributed by atoms with E-state index < -0.39 is 0 Å². The number of nitrogens with one attached hydrogen (secondary N) is 2. The lowest BCUT2D eigenvalue weighted by Gasteiger charge is -2.15. The molecule has 0 fully saturated rings. The Morgan fingerprint density at radius 2 is 2.17 bits per heavy atom. The Morgan fingerprint density at radius 3 is 2.96 bits per heavy atom. The van der Waals surface area contributed by atoms with Gasteiger partial charge in [-0.15, -0.1) is 0 Å². The molecule has 5 nitrogen and oxygen atoms in total. The smallest absolute Gasteiger partial charge is 0.224 e. The Labute approximate surface area is 138 Å². The van der Waals surface area contributed by atoms with Gasteiger partial charge in [-0.3, -0.25) is 4.79 Å². The number of ether oxygens (including phenoxy) is 1. The molecule has 0 aliphatic heterocycles. The maximum atomic E-state index is 12.1. The van der Waals surface area contributed by atoms with Crippen molar-refractivity contribution in [1.82, 2.24) is 15.2 Å². The highest BCUT2D eigenvalue weighted by Crippen LogP contribution is 2.19. The summed E-state index contributed by atoms with van der Waals surface area (Å²) < 4.78 is 5.04. The molecule has 126 valence electrons. The molecule has 0 aliphatic carbocycles. The van der Waals surface area contributed by atoms with Gasteiger partial charge in [0.2, 0.25) is 5.91 Å². The number of aryl methyl sites for hydroxylation is 1. The van der Waals surface area contributed by atoms with E-state index in [4.69, 9.17) is 4.74 Å². The lowest BCUT2D eigenvalue weighted by Crippen LogP contribution is -2.30. The van der Waals surface area contributed by atoms with Gasteiger partial charge in [0.05, 0.1) is 13.0 Å². The Kier molecular flexibility index (Phi) is 6.62. The van der Waals surface area contributed by atoms with Gasteiger partial charge in [-0.05, 0) is 44.1 Å². The van der Waals surface area contributed by atoms with Crippen LogP contribution >= 0.6 is 0 Å². The number of methoxy groups -OCH3 is 1. The highest BCUT2D eigenvalue weighted by molar-refractivity contribution is 5.89. The summed E-state index contributed by atoms with van der Waals surface area (Å²) in [6.45, 7) is 5.38. The quantitative estimate of drug-likeness (QED) is 0.696. The molecule has 0 radical (unpaired) electrons. The molecule has 1 aromatic heterocycles. The molecule has 0 saturated carbocycles. The molecule has 0 spiro atoms. The summed E-state index contributed by atoms with van der Waals surface area (Å²) in [4.78, 5) is 17.5. The van der Waals surface area contributed by atoms with Gasteiger partial charge in [-0.2, -0.15) is 0 Å². The highest BCUT2D eigenvalue weighted by atomic mass is 16.5. The van der Waals surface area contributed by atoms with E-state index in [1.807, 2.05) is 6.20 Å². The standard InChI is InChI=1S/C18H27N3O2/c1-14-5-6-16-15(13-20-17(16)11-14)12-18(22)19-7-4-8-21(2)9-10-23-3/h5-6,11,13,20H,4,7-10,12H2,1-3H3,(H,19,22). The van der Waals surface area contributed by atoms with Crippen molar-refractivity contribution in [3.05, 3.63) is 35.5 Å². The lowest BCUT2D eigenvalue weighted by atomic mass is 10.1. The van der Waals surface area contributed by atoms with Crippen LogP contribution in [0.25, 0.3) is 10.9 Å². The van der Waals surface area contributed by atoms with Crippen molar-refractivity contribution in [3.8, 4) is 0 Å². The fraction of sp³-hybridized carbons (Fsp3) is 0.500. The Morgan fingerprint density at radius 1 is 1.35 bits per heavy atom. The first-order valence-electron chi connectivity index (χ1n) is 8.11. The van der Waals surface area contributed by atoms with Crippen molar-refractivity contribution in [2.75, 3.05) is 40.4 Å². The molecule has 23 heavy (non-hydrogen) atoms. The lowest BCUT2D eigenvalue weighted by molar-refractivity contribution is -0.120. The molecule has 1 amide bonds. The van der Waals surface area contributed by atoms with Crippen molar-refractivity contribution < 1.29 is 9.53 Å². The van der Waals surface area contributed by atoms with Crippen LogP contribution in [0.2, 0.25) is 0 Å². The molecular weight excluding hydrogens is 290 g/mol. The first-order chi connectivity index (χ1) is 11.1. The van der Waals surface area contributed by atoms with E-state index in [0.717, 1.165) is 42.6 Å². The number of rotatable bonds is 9. The maximum Gasteiger partial charge on any atom is 0.224 e. The van der Waals surface area contributed by atoms with E-state index in [-0.39, 0.29) is 5.91 Å². The minimum Gasteiger partial charge on any atom is -0.383 e. The van der Waals surface area contributed by atoms with Crippen molar-refractivity contribution in [3.63, 3.8) is 0 Å². The molecule has 2 rings (SSSR count). The number of fused-ring (bicyclic) bond motifs is 1. The third-order valence-corrected chi connectivity index (χ3v) is 3.99. The van der Waals surface area contributed by atoms with Gasteiger partial charge in [0.1, 0.15) is 0 Å². The Balaban J connectivity index is 1.74. The van der Waals surface area contributed by atoms with E-state index in [2.05, 4.69) is 47.4 Å². The first-order valence-corrected chi connectivity index (χ1v) is 8.11. The third kappa shape index (κ3) is 5.37. The molecule has 0 aliphatic rings. The average molecular weight is 317 g/mol. The number of aromatic amines is 1. The van der Waals surface area contributed by atoms with Gasteiger partial charge < -0.3 is 19.9 Å². The molecule has 0 atom stereocenters. The number of aromatic nitrogens is 1. The van der Waals surface area contributed by atoms with Crippen molar-refractivity contribution in [2.45, 2.75) is 19.8 Å². The molecule has 1 aromatic carbocycles. The van der Waals surface area contributed by atoms with Crippen LogP contribution < -0.4 is 5.32 Å². The number of likely N-dealkylation sites (N-methyl/N-ethyl adjacent to an activating group) is 1. The number of carbonyl (C=O) groups is 1. The second-order valence-corrected chi connectivity index (χ2v) is 6.04. The first kappa shape index (κ1) is 17.5. The van der Waals surface area contributed by atoms with Gasteiger partial charge in [0.15, 0.2) is 0 Å². The normalized spacial score (nSPS) is 11.3. The van der Waals surface area contributed by atoms with Gasteiger partial charge in [0, 0.05) is 37.3 Å². The van der Waals surface area contributed by atoms with E-state index in [9.17, 15) is 4.79 Å². The van der Waals surface area contributed by atoms with Crippen molar-refractivity contribution in [2.24, 2.45) is 0 Å². The number of H-pyrrole nitrogens is 1. The number of hydrogen-bond donors (Lipinski definition) is 2. The molecule has 0 bridgehead atoms. The molecule has 1 heterocycles. The SMILES string of the molecule is COCCN(C)CCCNC(=O)Cc1c[nH]c2cc(C)ccc12. The number of hydrogen-bond acceptors (Lipinski definition) is 3. The zero-order valence-electron chi connectivity index (χ0n) is 14.3. The zero-order chi connectivity index (χ0) is 16.7. The Hall–Kier alpha value is -1.85. The summed E-state index contributed by atoms with van der Waals surface area (Å²) >= 11 is 0.